The number of hydrogen-bond donors (Lipinski definition) is 4. The van der Waals surface area contributed by atoms with Gasteiger partial charge in [-0.15, -0.1) is 0 Å². The van der Waals surface area contributed by atoms with E-state index in [0.29, 0.717) is 36.0 Å². The summed E-state index contributed by atoms with van der Waals surface area (Å²) in [7, 11) is 0. The second-order valence-corrected chi connectivity index (χ2v) is 7.98. The number of hydrogen-bond acceptors (Lipinski definition) is 6. The number of fused-ring (bicyclic) bond motifs is 1. The van der Waals surface area contributed by atoms with Gasteiger partial charge in [-0.05, 0) is 32.0 Å². The summed E-state index contributed by atoms with van der Waals surface area (Å²) in [6.45, 7) is 4.46. The predicted octanol–water partition coefficient (Wildman–Crippen LogP) is 3.15. The van der Waals surface area contributed by atoms with Crippen molar-refractivity contribution in [1.82, 2.24) is 4.90 Å². The van der Waals surface area contributed by atoms with Crippen molar-refractivity contribution >= 4 is 17.6 Å². The molecule has 0 radical (unpaired) electrons. The molecule has 31 heavy (non-hydrogen) atoms. The number of benzene rings is 2. The van der Waals surface area contributed by atoms with Gasteiger partial charge in [0.2, 0.25) is 0 Å². The molecule has 2 atom stereocenters. The van der Waals surface area contributed by atoms with Crippen LogP contribution in [-0.4, -0.2) is 45.2 Å². The molecule has 0 amide bonds. The van der Waals surface area contributed by atoms with Crippen LogP contribution in [0.2, 0.25) is 0 Å². The Balaban J connectivity index is 1.63. The van der Waals surface area contributed by atoms with Crippen LogP contribution in [0.3, 0.4) is 0 Å². The molecule has 4 N–H and O–H groups in total. The summed E-state index contributed by atoms with van der Waals surface area (Å²) in [5.74, 6) is -1.39. The molecule has 0 aliphatic carbocycles. The average molecular weight is 424 g/mol. The lowest BCUT2D eigenvalue weighted by Gasteiger charge is -2.41. The van der Waals surface area contributed by atoms with Gasteiger partial charge in [0.1, 0.15) is 11.9 Å². The van der Waals surface area contributed by atoms with Gasteiger partial charge in [-0.3, -0.25) is 4.79 Å². The highest BCUT2D eigenvalue weighted by Gasteiger charge is 2.37. The number of aryl methyl sites for hydroxylation is 1. The molecule has 0 saturated carbocycles. The number of nitrogens with zero attached hydrogens (tertiary/aromatic N) is 1. The maximum Gasteiger partial charge on any atom is 0.337 e. The fraction of sp³-hybridized carbons (Fsp3) is 0.304. The van der Waals surface area contributed by atoms with Gasteiger partial charge in [-0.25, -0.2) is 4.79 Å². The van der Waals surface area contributed by atoms with Gasteiger partial charge in [0.05, 0.1) is 17.5 Å². The minimum absolute atomic E-state index is 0.165. The second-order valence-electron chi connectivity index (χ2n) is 7.98. The van der Waals surface area contributed by atoms with Crippen molar-refractivity contribution in [2.75, 3.05) is 18.4 Å². The SMILES string of the molecule is Cc1cc2c(c(C(C)Nc3ccccc3C(=O)O)c1)OC(N1CC(C(=O)O)C1)=CC2O. The summed E-state index contributed by atoms with van der Waals surface area (Å²) in [6.07, 6.45) is 0.696. The second kappa shape index (κ2) is 7.96. The number of aliphatic hydroxyl groups excluding tert-OH is 1. The molecular weight excluding hydrogens is 400 g/mol. The summed E-state index contributed by atoms with van der Waals surface area (Å²) in [4.78, 5) is 24.4. The maximum absolute atomic E-state index is 11.5. The summed E-state index contributed by atoms with van der Waals surface area (Å²) in [5.41, 5.74) is 2.97. The molecule has 1 saturated heterocycles. The molecule has 2 heterocycles. The lowest BCUT2D eigenvalue weighted by Crippen LogP contribution is -2.50. The highest BCUT2D eigenvalue weighted by molar-refractivity contribution is 5.94. The van der Waals surface area contributed by atoms with E-state index in [-0.39, 0.29) is 11.6 Å². The number of carbonyl (C=O) groups is 2. The summed E-state index contributed by atoms with van der Waals surface area (Å²) >= 11 is 0. The molecule has 0 bridgehead atoms. The number of nitrogens with one attached hydrogen (secondary N) is 1. The van der Waals surface area contributed by atoms with E-state index < -0.39 is 24.0 Å². The number of aliphatic carboxylic acids is 1. The molecular formula is C23H24N2O6. The fourth-order valence-corrected chi connectivity index (χ4v) is 3.94. The fourth-order valence-electron chi connectivity index (χ4n) is 3.94. The van der Waals surface area contributed by atoms with Gasteiger partial charge in [0.25, 0.3) is 0 Å². The van der Waals surface area contributed by atoms with Crippen LogP contribution in [0.25, 0.3) is 0 Å². The van der Waals surface area contributed by atoms with E-state index in [2.05, 4.69) is 5.32 Å². The third kappa shape index (κ3) is 3.94. The molecule has 2 aromatic carbocycles. The Bertz CT molecular complexity index is 1070. The van der Waals surface area contributed by atoms with Crippen molar-refractivity contribution in [2.24, 2.45) is 5.92 Å². The van der Waals surface area contributed by atoms with E-state index >= 15 is 0 Å². The molecule has 2 unspecified atom stereocenters. The van der Waals surface area contributed by atoms with E-state index in [0.717, 1.165) is 11.1 Å². The highest BCUT2D eigenvalue weighted by Crippen LogP contribution is 2.42. The van der Waals surface area contributed by atoms with E-state index in [4.69, 9.17) is 9.84 Å². The summed E-state index contributed by atoms with van der Waals surface area (Å²) in [5, 5.41) is 32.5. The molecule has 0 aromatic heterocycles. The van der Waals surface area contributed by atoms with Crippen LogP contribution in [0, 0.1) is 12.8 Å². The van der Waals surface area contributed by atoms with Gasteiger partial charge in [-0.1, -0.05) is 23.8 Å². The number of anilines is 1. The van der Waals surface area contributed by atoms with Crippen LogP contribution in [0.4, 0.5) is 5.69 Å². The Hall–Kier alpha value is -3.52. The topological polar surface area (TPSA) is 119 Å². The zero-order valence-corrected chi connectivity index (χ0v) is 17.2. The first-order valence-corrected chi connectivity index (χ1v) is 10.0. The smallest absolute Gasteiger partial charge is 0.337 e. The van der Waals surface area contributed by atoms with Crippen LogP contribution in [-0.2, 0) is 4.79 Å². The third-order valence-corrected chi connectivity index (χ3v) is 5.65. The number of para-hydroxylation sites is 1. The molecule has 2 aliphatic heterocycles. The number of carboxylic acids is 2. The third-order valence-electron chi connectivity index (χ3n) is 5.65. The normalized spacial score (nSPS) is 18.9. The van der Waals surface area contributed by atoms with Crippen LogP contribution in [0.1, 0.15) is 46.1 Å². The molecule has 0 spiro atoms. The van der Waals surface area contributed by atoms with E-state index in [1.165, 1.54) is 6.07 Å². The van der Waals surface area contributed by atoms with Crippen molar-refractivity contribution in [3.05, 3.63) is 70.6 Å². The van der Waals surface area contributed by atoms with Crippen LogP contribution in [0.15, 0.2) is 48.4 Å². The predicted molar refractivity (Wildman–Crippen MR) is 113 cm³/mol. The van der Waals surface area contributed by atoms with Crippen molar-refractivity contribution in [1.29, 1.82) is 0 Å². The highest BCUT2D eigenvalue weighted by atomic mass is 16.5. The number of carboxylic acid groups (broad SMARTS) is 2. The molecule has 2 aliphatic rings. The monoisotopic (exact) mass is 424 g/mol. The van der Waals surface area contributed by atoms with Crippen molar-refractivity contribution < 1.29 is 29.6 Å². The number of aromatic carboxylic acids is 1. The molecule has 162 valence electrons. The minimum atomic E-state index is -1.02. The molecule has 4 rings (SSSR count). The van der Waals surface area contributed by atoms with Gasteiger partial charge in [-0.2, -0.15) is 0 Å². The Labute approximate surface area is 179 Å². The summed E-state index contributed by atoms with van der Waals surface area (Å²) in [6, 6.07) is 10.1. The Kier molecular flexibility index (Phi) is 5.32. The van der Waals surface area contributed by atoms with Gasteiger partial charge in [0.15, 0.2) is 5.88 Å². The zero-order valence-electron chi connectivity index (χ0n) is 17.2. The van der Waals surface area contributed by atoms with Crippen LogP contribution in [0.5, 0.6) is 5.75 Å². The number of likely N-dealkylation sites (tertiary alicyclic amines) is 1. The molecule has 8 nitrogen and oxygen atoms in total. The van der Waals surface area contributed by atoms with Crippen molar-refractivity contribution in [2.45, 2.75) is 26.0 Å². The van der Waals surface area contributed by atoms with E-state index in [9.17, 15) is 19.8 Å². The van der Waals surface area contributed by atoms with Crippen LogP contribution >= 0.6 is 0 Å². The lowest BCUT2D eigenvalue weighted by molar-refractivity contribution is -0.147. The standard InChI is InChI=1S/C23H24N2O6/c1-12-7-16(13(2)24-18-6-4-3-5-15(18)23(29)30)21-17(8-12)19(26)9-20(31-21)25-10-14(11-25)22(27)28/h3-9,13-14,19,24,26H,10-11H2,1-2H3,(H,27,28)(H,29,30). The first kappa shape index (κ1) is 20.7. The van der Waals surface area contributed by atoms with Gasteiger partial charge >= 0.3 is 11.9 Å². The van der Waals surface area contributed by atoms with Crippen molar-refractivity contribution in [3.8, 4) is 5.75 Å². The Morgan fingerprint density at radius 1 is 1.19 bits per heavy atom. The number of aliphatic hydroxyl groups is 1. The molecule has 1 fully saturated rings. The van der Waals surface area contributed by atoms with Crippen molar-refractivity contribution in [3.63, 3.8) is 0 Å². The number of ether oxygens (including phenoxy) is 1. The van der Waals surface area contributed by atoms with E-state index in [1.807, 2.05) is 26.0 Å². The minimum Gasteiger partial charge on any atom is -0.481 e. The Morgan fingerprint density at radius 3 is 2.58 bits per heavy atom. The molecule has 8 heteroatoms. The van der Waals surface area contributed by atoms with Crippen LogP contribution < -0.4 is 10.1 Å². The summed E-state index contributed by atoms with van der Waals surface area (Å²) < 4.78 is 6.13. The molecule has 2 aromatic rings. The first-order chi connectivity index (χ1) is 14.7. The van der Waals surface area contributed by atoms with Gasteiger partial charge < -0.3 is 30.3 Å². The number of rotatable bonds is 6. The average Bonchev–Trinajstić information content (AvgIpc) is 2.67. The Morgan fingerprint density at radius 2 is 1.90 bits per heavy atom. The zero-order chi connectivity index (χ0) is 22.3. The maximum atomic E-state index is 11.5. The largest absolute Gasteiger partial charge is 0.481 e. The first-order valence-electron chi connectivity index (χ1n) is 10.0. The van der Waals surface area contributed by atoms with Gasteiger partial charge in [0, 0.05) is 36.0 Å². The quantitative estimate of drug-likeness (QED) is 0.558. The lowest BCUT2D eigenvalue weighted by atomic mass is 9.94. The van der Waals surface area contributed by atoms with E-state index in [1.54, 1.807) is 29.2 Å².